The molecule has 2 saturated carbocycles. The van der Waals surface area contributed by atoms with Crippen molar-refractivity contribution in [3.05, 3.63) is 98.1 Å². The maximum atomic E-state index is 10.4. The molecule has 4 nitrogen and oxygen atoms in total. The van der Waals surface area contributed by atoms with Crippen molar-refractivity contribution in [2.45, 2.75) is 0 Å². The normalized spacial score (nSPS) is 17.3. The molecule has 22 heavy (non-hydrogen) atoms. The monoisotopic (exact) mass is 336 g/mol. The van der Waals surface area contributed by atoms with Gasteiger partial charge in [-0.05, 0) is 69.9 Å². The fourth-order valence-corrected chi connectivity index (χ4v) is 1.76. The topological polar surface area (TPSA) is 55.2 Å². The number of nitrogens with zero attached hydrogens (tertiary/aromatic N) is 1. The van der Waals surface area contributed by atoms with Crippen LogP contribution in [0.25, 0.3) is 0 Å². The van der Waals surface area contributed by atoms with Crippen LogP contribution in [0.2, 0.25) is 0 Å². The van der Waals surface area contributed by atoms with Gasteiger partial charge in [0.1, 0.15) is 0 Å². The Kier molecular flexibility index (Phi) is 9.17. The molecule has 112 valence electrons. The molecule has 0 aromatic heterocycles. The van der Waals surface area contributed by atoms with Crippen LogP contribution in [0, 0.1) is 73.8 Å². The Hall–Kier alpha value is -1.06. The second kappa shape index (κ2) is 10.6. The van der Waals surface area contributed by atoms with E-state index in [1.807, 2.05) is 57.8 Å². The van der Waals surface area contributed by atoms with Crippen molar-refractivity contribution in [3.8, 4) is 0 Å². The fourth-order valence-electron chi connectivity index (χ4n) is 1.76. The maximum absolute atomic E-state index is 10.4. The van der Waals surface area contributed by atoms with E-state index in [-0.39, 0.29) is 22.8 Å². The van der Waals surface area contributed by atoms with Crippen LogP contribution >= 0.6 is 0 Å². The molecule has 0 unspecified atom stereocenters. The minimum atomic E-state index is -0.402. The second-order valence-corrected chi connectivity index (χ2v) is 4.41. The predicted molar refractivity (Wildman–Crippen MR) is 83.5 cm³/mol. The van der Waals surface area contributed by atoms with Gasteiger partial charge < -0.3 is 5.32 Å². The summed E-state index contributed by atoms with van der Waals surface area (Å²) in [5.41, 5.74) is 0.991. The first-order chi connectivity index (χ1) is 10.3. The van der Waals surface area contributed by atoms with Gasteiger partial charge in [-0.15, -0.1) is 0 Å². The van der Waals surface area contributed by atoms with E-state index in [1.165, 1.54) is 18.1 Å². The molecule has 3 rings (SSSR count). The summed E-state index contributed by atoms with van der Waals surface area (Å²) in [6.45, 7) is 0.727. The molecular formula is C17H16FeN2O2+2. The van der Waals surface area contributed by atoms with Gasteiger partial charge in [-0.1, -0.05) is 0 Å². The molecule has 0 atom stereocenters. The van der Waals surface area contributed by atoms with Crippen LogP contribution in [0.5, 0.6) is 0 Å². The standard InChI is InChI=1S/C12H11N2O2.C5H5.Fe/c15-14(16)12-7-5-11(6-8-12)13-9-10-3-1-2-4-10;1-2-4-5-3-1;/h1-8,13H,9H2;1-5H;/q;;+2. The van der Waals surface area contributed by atoms with Crippen LogP contribution in [0.15, 0.2) is 24.3 Å². The molecule has 0 amide bonds. The van der Waals surface area contributed by atoms with Gasteiger partial charge in [0.25, 0.3) is 5.69 Å². The molecule has 1 aromatic rings. The number of benzene rings is 1. The molecule has 2 aliphatic carbocycles. The van der Waals surface area contributed by atoms with Gasteiger partial charge >= 0.3 is 17.1 Å². The van der Waals surface area contributed by atoms with Crippen molar-refractivity contribution in [1.29, 1.82) is 0 Å². The SMILES string of the molecule is O=[N+]([O-])c1ccc(NC[C]2[CH][CH][CH][CH]2)cc1.[CH]1[CH][CH][CH][CH]1.[Fe+2]. The van der Waals surface area contributed by atoms with E-state index in [4.69, 9.17) is 0 Å². The Morgan fingerprint density at radius 3 is 1.82 bits per heavy atom. The zero-order valence-corrected chi connectivity index (χ0v) is 12.9. The molecule has 1 N–H and O–H groups in total. The largest absolute Gasteiger partial charge is 2.00 e. The summed E-state index contributed by atoms with van der Waals surface area (Å²) in [6, 6.07) is 6.41. The van der Waals surface area contributed by atoms with Crippen LogP contribution in [-0.2, 0) is 17.1 Å². The average molecular weight is 336 g/mol. The molecule has 0 spiro atoms. The Labute approximate surface area is 143 Å². The Bertz CT molecular complexity index is 419. The van der Waals surface area contributed by atoms with E-state index in [9.17, 15) is 10.1 Å². The van der Waals surface area contributed by atoms with E-state index in [1.54, 1.807) is 12.1 Å². The van der Waals surface area contributed by atoms with E-state index in [0.29, 0.717) is 0 Å². The van der Waals surface area contributed by atoms with Crippen molar-refractivity contribution in [2.24, 2.45) is 0 Å². The van der Waals surface area contributed by atoms with Crippen LogP contribution in [0.1, 0.15) is 0 Å². The Morgan fingerprint density at radius 1 is 0.864 bits per heavy atom. The van der Waals surface area contributed by atoms with Gasteiger partial charge in [-0.2, -0.15) is 0 Å². The number of nitro groups is 1. The van der Waals surface area contributed by atoms with E-state index >= 15 is 0 Å². The summed E-state index contributed by atoms with van der Waals surface area (Å²) >= 11 is 0. The molecule has 10 radical (unpaired) electrons. The summed E-state index contributed by atoms with van der Waals surface area (Å²) in [5, 5.41) is 13.6. The summed E-state index contributed by atoms with van der Waals surface area (Å²) in [6.07, 6.45) is 18.0. The maximum Gasteiger partial charge on any atom is 2.00 e. The smallest absolute Gasteiger partial charge is 0.384 e. The van der Waals surface area contributed by atoms with E-state index in [0.717, 1.165) is 12.2 Å². The first kappa shape index (κ1) is 19.0. The van der Waals surface area contributed by atoms with Crippen LogP contribution in [0.3, 0.4) is 0 Å². The van der Waals surface area contributed by atoms with Crippen molar-refractivity contribution < 1.29 is 22.0 Å². The molecule has 0 saturated heterocycles. The van der Waals surface area contributed by atoms with Crippen LogP contribution < -0.4 is 5.32 Å². The second-order valence-electron chi connectivity index (χ2n) is 4.41. The van der Waals surface area contributed by atoms with Crippen LogP contribution in [0.4, 0.5) is 11.4 Å². The van der Waals surface area contributed by atoms with Crippen molar-refractivity contribution >= 4 is 11.4 Å². The number of non-ortho nitro benzene ring substituents is 1. The summed E-state index contributed by atoms with van der Waals surface area (Å²) in [5.74, 6) is 1.19. The minimum absolute atomic E-state index is 0. The quantitative estimate of drug-likeness (QED) is 0.521. The number of rotatable bonds is 4. The zero-order chi connectivity index (χ0) is 14.9. The van der Waals surface area contributed by atoms with Crippen LogP contribution in [-0.4, -0.2) is 11.5 Å². The molecule has 1 aromatic carbocycles. The van der Waals surface area contributed by atoms with Crippen molar-refractivity contribution in [1.82, 2.24) is 0 Å². The van der Waals surface area contributed by atoms with E-state index in [2.05, 4.69) is 5.32 Å². The number of hydrogen-bond acceptors (Lipinski definition) is 3. The van der Waals surface area contributed by atoms with Gasteiger partial charge in [-0.25, -0.2) is 0 Å². The Morgan fingerprint density at radius 2 is 1.36 bits per heavy atom. The third kappa shape index (κ3) is 6.80. The third-order valence-corrected chi connectivity index (χ3v) is 2.86. The number of anilines is 1. The minimum Gasteiger partial charge on any atom is -0.384 e. The first-order valence-corrected chi connectivity index (χ1v) is 6.61. The summed E-state index contributed by atoms with van der Waals surface area (Å²) in [7, 11) is 0. The van der Waals surface area contributed by atoms with Crippen molar-refractivity contribution in [3.63, 3.8) is 0 Å². The Balaban J connectivity index is 0.000000344. The van der Waals surface area contributed by atoms with Crippen molar-refractivity contribution in [2.75, 3.05) is 11.9 Å². The molecule has 0 bridgehead atoms. The molecule has 2 fully saturated rings. The molecule has 5 heteroatoms. The summed E-state index contributed by atoms with van der Waals surface area (Å²) in [4.78, 5) is 10.0. The van der Waals surface area contributed by atoms with Gasteiger partial charge in [0, 0.05) is 30.3 Å². The average Bonchev–Trinajstić information content (AvgIpc) is 3.21. The van der Waals surface area contributed by atoms with Gasteiger partial charge in [0.05, 0.1) is 4.92 Å². The first-order valence-electron chi connectivity index (χ1n) is 6.61. The number of hydrogen-bond donors (Lipinski definition) is 1. The molecule has 0 aliphatic heterocycles. The summed E-state index contributed by atoms with van der Waals surface area (Å²) < 4.78 is 0. The zero-order valence-electron chi connectivity index (χ0n) is 11.8. The fraction of sp³-hybridized carbons (Fsp3) is 0.0588. The molecular weight excluding hydrogens is 320 g/mol. The predicted octanol–water partition coefficient (Wildman–Crippen LogP) is 3.43. The number of nitro benzene ring substituents is 1. The van der Waals surface area contributed by atoms with Gasteiger partial charge in [0.15, 0.2) is 0 Å². The van der Waals surface area contributed by atoms with Gasteiger partial charge in [-0.3, -0.25) is 10.1 Å². The van der Waals surface area contributed by atoms with E-state index < -0.39 is 4.92 Å². The molecule has 2 aliphatic rings. The number of nitrogens with one attached hydrogen (secondary N) is 1. The van der Waals surface area contributed by atoms with Gasteiger partial charge in [0.2, 0.25) is 0 Å². The third-order valence-electron chi connectivity index (χ3n) is 2.86. The molecule has 0 heterocycles.